The molecule has 1 aliphatic heterocycles. The number of hydrogen-bond donors (Lipinski definition) is 2. The van der Waals surface area contributed by atoms with E-state index in [1.165, 1.54) is 24.3 Å². The minimum atomic E-state index is -0.761. The molecule has 1 fully saturated rings. The summed E-state index contributed by atoms with van der Waals surface area (Å²) in [5.74, 6) is -1.67. The van der Waals surface area contributed by atoms with Gasteiger partial charge in [0, 0.05) is 24.8 Å². The highest BCUT2D eigenvalue weighted by Gasteiger charge is 2.37. The SMILES string of the molecule is CC(C)(C)[C@@H]1OCC[C@H]1CNC(=O)C(=O)Nc1ccc(F)cc1. The zero-order valence-electron chi connectivity index (χ0n) is 13.7. The van der Waals surface area contributed by atoms with Gasteiger partial charge in [0.15, 0.2) is 0 Å². The highest BCUT2D eigenvalue weighted by molar-refractivity contribution is 6.39. The molecule has 2 N–H and O–H groups in total. The monoisotopic (exact) mass is 322 g/mol. The first-order chi connectivity index (χ1) is 10.8. The van der Waals surface area contributed by atoms with E-state index in [2.05, 4.69) is 31.4 Å². The zero-order chi connectivity index (χ0) is 17.0. The average Bonchev–Trinajstić information content (AvgIpc) is 2.95. The zero-order valence-corrected chi connectivity index (χ0v) is 13.7. The van der Waals surface area contributed by atoms with Crippen LogP contribution in [0.2, 0.25) is 0 Å². The lowest BCUT2D eigenvalue weighted by molar-refractivity contribution is -0.136. The third-order valence-electron chi connectivity index (χ3n) is 3.90. The molecule has 0 aliphatic carbocycles. The van der Waals surface area contributed by atoms with E-state index in [0.717, 1.165) is 6.42 Å². The summed E-state index contributed by atoms with van der Waals surface area (Å²) in [5, 5.41) is 5.09. The van der Waals surface area contributed by atoms with Gasteiger partial charge in [0.05, 0.1) is 6.10 Å². The van der Waals surface area contributed by atoms with Gasteiger partial charge in [-0.1, -0.05) is 20.8 Å². The second kappa shape index (κ2) is 7.08. The molecule has 0 radical (unpaired) electrons. The number of hydrogen-bond acceptors (Lipinski definition) is 3. The number of nitrogens with one attached hydrogen (secondary N) is 2. The second-order valence-electron chi connectivity index (χ2n) is 6.88. The van der Waals surface area contributed by atoms with E-state index in [1.807, 2.05) is 0 Å². The fraction of sp³-hybridized carbons (Fsp3) is 0.529. The van der Waals surface area contributed by atoms with Crippen LogP contribution in [-0.2, 0) is 14.3 Å². The quantitative estimate of drug-likeness (QED) is 0.839. The van der Waals surface area contributed by atoms with Crippen molar-refractivity contribution in [3.05, 3.63) is 30.1 Å². The molecule has 0 saturated carbocycles. The van der Waals surface area contributed by atoms with Gasteiger partial charge < -0.3 is 15.4 Å². The van der Waals surface area contributed by atoms with Crippen LogP contribution in [-0.4, -0.2) is 31.1 Å². The fourth-order valence-electron chi connectivity index (χ4n) is 2.83. The molecule has 6 heteroatoms. The number of benzene rings is 1. The lowest BCUT2D eigenvalue weighted by Crippen LogP contribution is -2.42. The standard InChI is InChI=1S/C17H23FN2O3/c1-17(2,3)14-11(8-9-23-14)10-19-15(21)16(22)20-13-6-4-12(18)5-7-13/h4-7,11,14H,8-10H2,1-3H3,(H,19,21)(H,20,22)/t11-,14+/m0/s1. The minimum absolute atomic E-state index is 0.0116. The van der Waals surface area contributed by atoms with Crippen LogP contribution in [0.3, 0.4) is 0 Å². The largest absolute Gasteiger partial charge is 0.377 e. The Balaban J connectivity index is 1.84. The topological polar surface area (TPSA) is 67.4 Å². The van der Waals surface area contributed by atoms with Crippen molar-refractivity contribution in [2.75, 3.05) is 18.5 Å². The predicted molar refractivity (Wildman–Crippen MR) is 85.3 cm³/mol. The van der Waals surface area contributed by atoms with Crippen molar-refractivity contribution >= 4 is 17.5 Å². The Morgan fingerprint density at radius 2 is 1.87 bits per heavy atom. The lowest BCUT2D eigenvalue weighted by Gasteiger charge is -2.31. The van der Waals surface area contributed by atoms with E-state index >= 15 is 0 Å². The van der Waals surface area contributed by atoms with E-state index in [1.54, 1.807) is 0 Å². The summed E-state index contributed by atoms with van der Waals surface area (Å²) in [5.41, 5.74) is 0.366. The summed E-state index contributed by atoms with van der Waals surface area (Å²) in [4.78, 5) is 23.7. The molecular weight excluding hydrogens is 299 g/mol. The van der Waals surface area contributed by atoms with E-state index in [0.29, 0.717) is 18.8 Å². The first kappa shape index (κ1) is 17.4. The molecule has 2 amide bonds. The summed E-state index contributed by atoms with van der Waals surface area (Å²) in [6.07, 6.45) is 0.921. The van der Waals surface area contributed by atoms with Crippen molar-refractivity contribution in [2.24, 2.45) is 11.3 Å². The summed E-state index contributed by atoms with van der Waals surface area (Å²) in [7, 11) is 0. The molecular formula is C17H23FN2O3. The Hall–Kier alpha value is -1.95. The lowest BCUT2D eigenvalue weighted by atomic mass is 9.81. The first-order valence-corrected chi connectivity index (χ1v) is 7.74. The predicted octanol–water partition coefficient (Wildman–Crippen LogP) is 2.33. The maximum absolute atomic E-state index is 12.8. The highest BCUT2D eigenvalue weighted by Crippen LogP contribution is 2.34. The molecule has 2 atom stereocenters. The van der Waals surface area contributed by atoms with Crippen LogP contribution in [0, 0.1) is 17.2 Å². The number of carbonyl (C=O) groups is 2. The Morgan fingerprint density at radius 1 is 1.22 bits per heavy atom. The summed E-state index contributed by atoms with van der Waals surface area (Å²) in [6, 6.07) is 5.25. The Kier molecular flexibility index (Phi) is 5.36. The molecule has 5 nitrogen and oxygen atoms in total. The maximum atomic E-state index is 12.8. The third-order valence-corrected chi connectivity index (χ3v) is 3.90. The van der Waals surface area contributed by atoms with Crippen molar-refractivity contribution in [3.63, 3.8) is 0 Å². The number of amides is 2. The van der Waals surface area contributed by atoms with Crippen LogP contribution in [0.5, 0.6) is 0 Å². The van der Waals surface area contributed by atoms with Gasteiger partial charge in [0.25, 0.3) is 0 Å². The van der Waals surface area contributed by atoms with E-state index < -0.39 is 17.6 Å². The van der Waals surface area contributed by atoms with E-state index in [-0.39, 0.29) is 17.4 Å². The Bertz CT molecular complexity index is 566. The molecule has 1 aliphatic rings. The molecule has 1 aromatic carbocycles. The molecule has 2 rings (SSSR count). The summed E-state index contributed by atoms with van der Waals surface area (Å²) in [6.45, 7) is 7.36. The molecule has 23 heavy (non-hydrogen) atoms. The number of ether oxygens (including phenoxy) is 1. The van der Waals surface area contributed by atoms with Gasteiger partial charge in [0.1, 0.15) is 5.82 Å². The summed E-state index contributed by atoms with van der Waals surface area (Å²) < 4.78 is 18.5. The molecule has 0 spiro atoms. The molecule has 1 aromatic rings. The van der Waals surface area contributed by atoms with Gasteiger partial charge in [-0.25, -0.2) is 4.39 Å². The Morgan fingerprint density at radius 3 is 2.48 bits per heavy atom. The van der Waals surface area contributed by atoms with Crippen molar-refractivity contribution in [1.82, 2.24) is 5.32 Å². The second-order valence-corrected chi connectivity index (χ2v) is 6.88. The van der Waals surface area contributed by atoms with Crippen LogP contribution in [0.15, 0.2) is 24.3 Å². The smallest absolute Gasteiger partial charge is 0.313 e. The number of rotatable bonds is 3. The van der Waals surface area contributed by atoms with Crippen molar-refractivity contribution < 1.29 is 18.7 Å². The van der Waals surface area contributed by atoms with Crippen LogP contribution >= 0.6 is 0 Å². The fourth-order valence-corrected chi connectivity index (χ4v) is 2.83. The van der Waals surface area contributed by atoms with Gasteiger partial charge in [-0.2, -0.15) is 0 Å². The molecule has 126 valence electrons. The van der Waals surface area contributed by atoms with Gasteiger partial charge >= 0.3 is 11.8 Å². The average molecular weight is 322 g/mol. The van der Waals surface area contributed by atoms with Gasteiger partial charge in [-0.05, 0) is 36.1 Å². The van der Waals surface area contributed by atoms with Crippen LogP contribution in [0.4, 0.5) is 10.1 Å². The van der Waals surface area contributed by atoms with E-state index in [9.17, 15) is 14.0 Å². The normalized spacial score (nSPS) is 21.0. The van der Waals surface area contributed by atoms with Crippen molar-refractivity contribution in [3.8, 4) is 0 Å². The Labute approximate surface area is 135 Å². The molecule has 0 bridgehead atoms. The number of carbonyl (C=O) groups excluding carboxylic acids is 2. The molecule has 1 saturated heterocycles. The van der Waals surface area contributed by atoms with Crippen LogP contribution < -0.4 is 10.6 Å². The van der Waals surface area contributed by atoms with Crippen molar-refractivity contribution in [2.45, 2.75) is 33.3 Å². The van der Waals surface area contributed by atoms with Crippen molar-refractivity contribution in [1.29, 1.82) is 0 Å². The summed E-state index contributed by atoms with van der Waals surface area (Å²) >= 11 is 0. The van der Waals surface area contributed by atoms with Gasteiger partial charge in [0.2, 0.25) is 0 Å². The maximum Gasteiger partial charge on any atom is 0.313 e. The number of halogens is 1. The third kappa shape index (κ3) is 4.76. The van der Waals surface area contributed by atoms with E-state index in [4.69, 9.17) is 4.74 Å². The van der Waals surface area contributed by atoms with Crippen LogP contribution in [0.1, 0.15) is 27.2 Å². The highest BCUT2D eigenvalue weighted by atomic mass is 19.1. The van der Waals surface area contributed by atoms with Crippen LogP contribution in [0.25, 0.3) is 0 Å². The van der Waals surface area contributed by atoms with Gasteiger partial charge in [-0.15, -0.1) is 0 Å². The molecule has 0 aromatic heterocycles. The molecule has 1 heterocycles. The first-order valence-electron chi connectivity index (χ1n) is 7.74. The molecule has 0 unspecified atom stereocenters. The van der Waals surface area contributed by atoms with Gasteiger partial charge in [-0.3, -0.25) is 9.59 Å². The minimum Gasteiger partial charge on any atom is -0.377 e. The number of anilines is 1.